The third kappa shape index (κ3) is 4.09. The van der Waals surface area contributed by atoms with Crippen LogP contribution >= 0.6 is 0 Å². The van der Waals surface area contributed by atoms with Gasteiger partial charge in [0.05, 0.1) is 30.3 Å². The molecular weight excluding hydrogens is 400 g/mol. The number of carbonyl (C=O) groups is 2. The number of methoxy groups -OCH3 is 1. The van der Waals surface area contributed by atoms with E-state index < -0.39 is 6.09 Å². The van der Waals surface area contributed by atoms with E-state index in [-0.39, 0.29) is 11.9 Å². The highest BCUT2D eigenvalue weighted by Gasteiger charge is 2.27. The number of hydrogen-bond acceptors (Lipinski definition) is 6. The summed E-state index contributed by atoms with van der Waals surface area (Å²) in [5, 5.41) is 12.0. The van der Waals surface area contributed by atoms with Crippen molar-refractivity contribution in [2.45, 2.75) is 19.9 Å². The number of carboxylic acid groups (broad SMARTS) is 1. The van der Waals surface area contributed by atoms with Crippen LogP contribution in [0.5, 0.6) is 5.75 Å². The molecule has 1 atom stereocenters. The maximum absolute atomic E-state index is 12.8. The molecular formula is C21H24N6O4. The van der Waals surface area contributed by atoms with Gasteiger partial charge < -0.3 is 29.4 Å². The zero-order chi connectivity index (χ0) is 22.1. The average molecular weight is 424 g/mol. The van der Waals surface area contributed by atoms with Gasteiger partial charge in [-0.1, -0.05) is 0 Å². The number of fused-ring (bicyclic) bond motifs is 1. The number of piperazine rings is 1. The molecule has 4 heterocycles. The molecule has 0 spiro atoms. The number of aromatic nitrogens is 3. The van der Waals surface area contributed by atoms with Crippen LogP contribution in [0.1, 0.15) is 23.0 Å². The Morgan fingerprint density at radius 3 is 2.71 bits per heavy atom. The summed E-state index contributed by atoms with van der Waals surface area (Å²) in [7, 11) is 1.51. The zero-order valence-electron chi connectivity index (χ0n) is 17.6. The lowest BCUT2D eigenvalue weighted by atomic mass is 10.2. The molecule has 0 radical (unpaired) electrons. The van der Waals surface area contributed by atoms with Crippen LogP contribution in [0.4, 0.5) is 16.3 Å². The third-order valence-corrected chi connectivity index (χ3v) is 5.37. The van der Waals surface area contributed by atoms with Crippen LogP contribution in [0.3, 0.4) is 0 Å². The number of hydrogen-bond donors (Lipinski definition) is 2. The molecule has 31 heavy (non-hydrogen) atoms. The van der Waals surface area contributed by atoms with Gasteiger partial charge in [-0.3, -0.25) is 4.79 Å². The standard InChI is InChI=1S/C21H24N6O4/c1-13-10-26-12-16(17(31-3)8-19(26)23-13)20(28)24-18-5-4-15(9-22-18)25-6-7-27(21(29)30)14(2)11-25/h4-5,8-10,12,14H,6-7,11H2,1-3H3,(H,29,30)(H,22,24,28)/t14-/m0/s1. The number of pyridine rings is 2. The summed E-state index contributed by atoms with van der Waals surface area (Å²) in [6, 6.07) is 5.20. The zero-order valence-corrected chi connectivity index (χ0v) is 17.6. The van der Waals surface area contributed by atoms with E-state index in [9.17, 15) is 14.7 Å². The predicted molar refractivity (Wildman–Crippen MR) is 115 cm³/mol. The van der Waals surface area contributed by atoms with Crippen molar-refractivity contribution in [3.8, 4) is 5.75 Å². The van der Waals surface area contributed by atoms with Gasteiger partial charge in [-0.2, -0.15) is 0 Å². The molecule has 2 N–H and O–H groups in total. The smallest absolute Gasteiger partial charge is 0.407 e. The number of imidazole rings is 1. The molecule has 0 aromatic carbocycles. The Morgan fingerprint density at radius 1 is 1.26 bits per heavy atom. The van der Waals surface area contributed by atoms with E-state index in [1.807, 2.05) is 26.1 Å². The molecule has 1 aliphatic rings. The Balaban J connectivity index is 1.47. The summed E-state index contributed by atoms with van der Waals surface area (Å²) >= 11 is 0. The second kappa shape index (κ2) is 8.13. The number of rotatable bonds is 4. The lowest BCUT2D eigenvalue weighted by Crippen LogP contribution is -2.53. The Kier molecular flexibility index (Phi) is 5.37. The van der Waals surface area contributed by atoms with Gasteiger partial charge in [0, 0.05) is 44.1 Å². The van der Waals surface area contributed by atoms with Crippen molar-refractivity contribution >= 4 is 29.2 Å². The van der Waals surface area contributed by atoms with E-state index in [4.69, 9.17) is 4.74 Å². The number of carbonyl (C=O) groups excluding carboxylic acids is 1. The number of aryl methyl sites for hydroxylation is 1. The molecule has 0 bridgehead atoms. The summed E-state index contributed by atoms with van der Waals surface area (Å²) in [5.41, 5.74) is 2.79. The van der Waals surface area contributed by atoms with Crippen LogP contribution in [-0.4, -0.2) is 69.2 Å². The van der Waals surface area contributed by atoms with Crippen LogP contribution in [0.25, 0.3) is 5.65 Å². The summed E-state index contributed by atoms with van der Waals surface area (Å²) in [6.45, 7) is 5.37. The van der Waals surface area contributed by atoms with Crippen LogP contribution in [0.15, 0.2) is 36.8 Å². The SMILES string of the molecule is COc1cc2nc(C)cn2cc1C(=O)Nc1ccc(N2CCN(C(=O)O)[C@@H](C)C2)cn1. The third-order valence-electron chi connectivity index (χ3n) is 5.37. The van der Waals surface area contributed by atoms with Crippen molar-refractivity contribution in [2.24, 2.45) is 0 Å². The normalized spacial score (nSPS) is 16.4. The molecule has 4 rings (SSSR count). The fourth-order valence-electron chi connectivity index (χ4n) is 3.79. The van der Waals surface area contributed by atoms with E-state index >= 15 is 0 Å². The Bertz CT molecular complexity index is 1130. The van der Waals surface area contributed by atoms with Gasteiger partial charge in [-0.25, -0.2) is 14.8 Å². The Morgan fingerprint density at radius 2 is 2.06 bits per heavy atom. The van der Waals surface area contributed by atoms with Crippen LogP contribution < -0.4 is 15.0 Å². The molecule has 1 fully saturated rings. The first kappa shape index (κ1) is 20.5. The Labute approximate surface area is 179 Å². The largest absolute Gasteiger partial charge is 0.496 e. The number of anilines is 2. The van der Waals surface area contributed by atoms with Crippen LogP contribution in [0.2, 0.25) is 0 Å². The highest BCUT2D eigenvalue weighted by atomic mass is 16.5. The van der Waals surface area contributed by atoms with Crippen molar-refractivity contribution in [3.63, 3.8) is 0 Å². The molecule has 1 saturated heterocycles. The van der Waals surface area contributed by atoms with Crippen molar-refractivity contribution in [2.75, 3.05) is 37.0 Å². The van der Waals surface area contributed by atoms with Gasteiger partial charge in [-0.15, -0.1) is 0 Å². The molecule has 3 aromatic heterocycles. The van der Waals surface area contributed by atoms with Gasteiger partial charge in [0.15, 0.2) is 0 Å². The number of nitrogens with one attached hydrogen (secondary N) is 1. The van der Waals surface area contributed by atoms with E-state index in [0.29, 0.717) is 42.4 Å². The minimum Gasteiger partial charge on any atom is -0.496 e. The minimum absolute atomic E-state index is 0.111. The maximum atomic E-state index is 12.8. The lowest BCUT2D eigenvalue weighted by molar-refractivity contribution is 0.102. The minimum atomic E-state index is -0.900. The first-order valence-corrected chi connectivity index (χ1v) is 9.91. The highest BCUT2D eigenvalue weighted by molar-refractivity contribution is 6.05. The van der Waals surface area contributed by atoms with E-state index in [2.05, 4.69) is 20.2 Å². The summed E-state index contributed by atoms with van der Waals surface area (Å²) in [6.07, 6.45) is 4.30. The van der Waals surface area contributed by atoms with Gasteiger partial charge in [0.1, 0.15) is 17.2 Å². The van der Waals surface area contributed by atoms with Crippen LogP contribution in [0, 0.1) is 6.92 Å². The second-order valence-electron chi connectivity index (χ2n) is 7.53. The molecule has 162 valence electrons. The fraction of sp³-hybridized carbons (Fsp3) is 0.333. The summed E-state index contributed by atoms with van der Waals surface area (Å²) < 4.78 is 7.15. The van der Waals surface area contributed by atoms with E-state index in [1.54, 1.807) is 28.9 Å². The molecule has 0 unspecified atom stereocenters. The second-order valence-corrected chi connectivity index (χ2v) is 7.53. The van der Waals surface area contributed by atoms with E-state index in [0.717, 1.165) is 11.4 Å². The lowest BCUT2D eigenvalue weighted by Gasteiger charge is -2.39. The topological polar surface area (TPSA) is 112 Å². The molecule has 2 amide bonds. The first-order chi connectivity index (χ1) is 14.9. The number of nitrogens with zero attached hydrogens (tertiary/aromatic N) is 5. The quantitative estimate of drug-likeness (QED) is 0.662. The van der Waals surface area contributed by atoms with Gasteiger partial charge in [-0.05, 0) is 26.0 Å². The highest BCUT2D eigenvalue weighted by Crippen LogP contribution is 2.23. The van der Waals surface area contributed by atoms with Crippen LogP contribution in [-0.2, 0) is 0 Å². The molecule has 10 heteroatoms. The predicted octanol–water partition coefficient (Wildman–Crippen LogP) is 2.49. The van der Waals surface area contributed by atoms with E-state index in [1.165, 1.54) is 12.0 Å². The van der Waals surface area contributed by atoms with Gasteiger partial charge in [0.25, 0.3) is 5.91 Å². The van der Waals surface area contributed by atoms with Gasteiger partial charge >= 0.3 is 6.09 Å². The Hall–Kier alpha value is -3.82. The molecule has 3 aromatic rings. The molecule has 1 aliphatic heterocycles. The molecule has 10 nitrogen and oxygen atoms in total. The van der Waals surface area contributed by atoms with Crippen molar-refractivity contribution in [1.29, 1.82) is 0 Å². The van der Waals surface area contributed by atoms with Crippen molar-refractivity contribution < 1.29 is 19.4 Å². The average Bonchev–Trinajstić information content (AvgIpc) is 3.11. The summed E-state index contributed by atoms with van der Waals surface area (Å²) in [5.74, 6) is 0.501. The van der Waals surface area contributed by atoms with Crippen molar-refractivity contribution in [3.05, 3.63) is 48.0 Å². The molecule has 0 saturated carbocycles. The summed E-state index contributed by atoms with van der Waals surface area (Å²) in [4.78, 5) is 36.3. The first-order valence-electron chi connectivity index (χ1n) is 9.91. The monoisotopic (exact) mass is 424 g/mol. The fourth-order valence-corrected chi connectivity index (χ4v) is 3.79. The number of ether oxygens (including phenoxy) is 1. The van der Waals surface area contributed by atoms with Gasteiger partial charge in [0.2, 0.25) is 0 Å². The number of amides is 2. The molecule has 0 aliphatic carbocycles. The maximum Gasteiger partial charge on any atom is 0.407 e. The van der Waals surface area contributed by atoms with Crippen molar-refractivity contribution in [1.82, 2.24) is 19.3 Å².